The van der Waals surface area contributed by atoms with Gasteiger partial charge in [-0.2, -0.15) is 0 Å². The van der Waals surface area contributed by atoms with E-state index in [1.54, 1.807) is 24.3 Å². The Morgan fingerprint density at radius 3 is 2.75 bits per heavy atom. The number of nitrogens with zero attached hydrogens (tertiary/aromatic N) is 1. The normalized spacial score (nSPS) is 12.0. The topological polar surface area (TPSA) is 105 Å². The molecular formula is C18H14ClN3O4S2. The van der Waals surface area contributed by atoms with Crippen LogP contribution in [0.25, 0.3) is 21.9 Å². The Kier molecular flexibility index (Phi) is 4.60. The first-order valence-electron chi connectivity index (χ1n) is 8.04. The summed E-state index contributed by atoms with van der Waals surface area (Å²) in [5, 5.41) is 1.40. The van der Waals surface area contributed by atoms with Gasteiger partial charge >= 0.3 is 5.97 Å². The first-order chi connectivity index (χ1) is 13.3. The molecule has 10 heteroatoms. The molecule has 28 heavy (non-hydrogen) atoms. The molecule has 7 nitrogen and oxygen atoms in total. The molecular weight excluding hydrogens is 422 g/mol. The van der Waals surface area contributed by atoms with Gasteiger partial charge in [-0.1, -0.05) is 23.7 Å². The van der Waals surface area contributed by atoms with Crippen LogP contribution in [0.1, 0.15) is 10.4 Å². The fourth-order valence-electron chi connectivity index (χ4n) is 2.97. The lowest BCUT2D eigenvalue weighted by Crippen LogP contribution is -2.03. The minimum atomic E-state index is -3.35. The number of ether oxygens (including phenoxy) is 1. The van der Waals surface area contributed by atoms with Crippen molar-refractivity contribution in [3.8, 4) is 0 Å². The average Bonchev–Trinajstić information content (AvgIpc) is 3.25. The van der Waals surface area contributed by atoms with Crippen molar-refractivity contribution in [2.24, 2.45) is 0 Å². The quantitative estimate of drug-likeness (QED) is 0.469. The number of sulfone groups is 1. The predicted octanol–water partition coefficient (Wildman–Crippen LogP) is 4.04. The number of hydrogen-bond acceptors (Lipinski definition) is 6. The molecule has 0 atom stereocenters. The highest BCUT2D eigenvalue weighted by atomic mass is 35.5. The highest BCUT2D eigenvalue weighted by Gasteiger charge is 2.20. The third kappa shape index (κ3) is 3.15. The van der Waals surface area contributed by atoms with E-state index >= 15 is 0 Å². The van der Waals surface area contributed by atoms with Crippen LogP contribution >= 0.6 is 23.4 Å². The van der Waals surface area contributed by atoms with Crippen molar-refractivity contribution < 1.29 is 17.9 Å². The van der Waals surface area contributed by atoms with E-state index < -0.39 is 15.8 Å². The van der Waals surface area contributed by atoms with Crippen molar-refractivity contribution >= 4 is 61.1 Å². The number of carbonyl (C=O) groups is 1. The fraction of sp³-hybridized carbons (Fsp3) is 0.111. The molecule has 0 spiro atoms. The van der Waals surface area contributed by atoms with E-state index in [9.17, 15) is 13.2 Å². The summed E-state index contributed by atoms with van der Waals surface area (Å²) in [6.07, 6.45) is 2.66. The molecule has 0 amide bonds. The fourth-order valence-corrected chi connectivity index (χ4v) is 4.97. The van der Waals surface area contributed by atoms with Gasteiger partial charge in [0.15, 0.2) is 15.0 Å². The van der Waals surface area contributed by atoms with Crippen LogP contribution in [0.4, 0.5) is 0 Å². The Balaban J connectivity index is 1.81. The number of H-pyrrole nitrogens is 2. The van der Waals surface area contributed by atoms with Crippen molar-refractivity contribution in [3.63, 3.8) is 0 Å². The summed E-state index contributed by atoms with van der Waals surface area (Å²) in [6, 6.07) is 8.73. The molecule has 0 unspecified atom stereocenters. The molecule has 0 bridgehead atoms. The Labute approximate surface area is 169 Å². The Morgan fingerprint density at radius 2 is 2.04 bits per heavy atom. The van der Waals surface area contributed by atoms with E-state index in [1.165, 1.54) is 31.3 Å². The zero-order valence-corrected chi connectivity index (χ0v) is 17.1. The van der Waals surface area contributed by atoms with Gasteiger partial charge in [0.1, 0.15) is 11.1 Å². The summed E-state index contributed by atoms with van der Waals surface area (Å²) in [7, 11) is -2.07. The number of nitrogens with one attached hydrogen (secondary N) is 2. The molecule has 0 fully saturated rings. The van der Waals surface area contributed by atoms with Crippen molar-refractivity contribution in [2.45, 2.75) is 14.9 Å². The number of aromatic nitrogens is 3. The lowest BCUT2D eigenvalue weighted by Gasteiger charge is -2.02. The molecule has 4 aromatic rings. The largest absolute Gasteiger partial charge is 0.465 e. The van der Waals surface area contributed by atoms with Crippen LogP contribution in [0.15, 0.2) is 51.5 Å². The molecule has 2 heterocycles. The molecule has 0 radical (unpaired) electrons. The number of benzene rings is 2. The molecule has 0 aliphatic carbocycles. The monoisotopic (exact) mass is 435 g/mol. The molecule has 4 rings (SSSR count). The van der Waals surface area contributed by atoms with Crippen molar-refractivity contribution in [1.29, 1.82) is 0 Å². The van der Waals surface area contributed by atoms with E-state index in [4.69, 9.17) is 16.3 Å². The maximum Gasteiger partial charge on any atom is 0.341 e. The van der Waals surface area contributed by atoms with Crippen LogP contribution in [-0.4, -0.2) is 42.7 Å². The average molecular weight is 436 g/mol. The minimum Gasteiger partial charge on any atom is -0.465 e. The number of fused-ring (bicyclic) bond motifs is 2. The Bertz CT molecular complexity index is 1340. The standard InChI is InChI=1S/C18H14ClN3O4S2/c1-26-17(23)14-10(19)6-7-11-16(14)22-18(21-11)27-12-5-3-4-9-13(28(2,24)25)8-20-15(9)12/h3-8,20H,1-2H3,(H,21,22). The molecule has 0 saturated heterocycles. The van der Waals surface area contributed by atoms with E-state index in [1.807, 2.05) is 6.07 Å². The lowest BCUT2D eigenvalue weighted by molar-refractivity contribution is 0.0603. The molecule has 144 valence electrons. The summed E-state index contributed by atoms with van der Waals surface area (Å²) in [4.78, 5) is 23.8. The molecule has 0 saturated carbocycles. The highest BCUT2D eigenvalue weighted by Crippen LogP contribution is 2.36. The molecule has 0 aliphatic rings. The SMILES string of the molecule is COC(=O)c1c(Cl)ccc2[nH]c(Sc3cccc4c(S(C)(=O)=O)c[nH]c34)nc12. The summed E-state index contributed by atoms with van der Waals surface area (Å²) in [5.41, 5.74) is 1.95. The highest BCUT2D eigenvalue weighted by molar-refractivity contribution is 7.99. The van der Waals surface area contributed by atoms with Gasteiger partial charge in [0, 0.05) is 22.7 Å². The summed E-state index contributed by atoms with van der Waals surface area (Å²) >= 11 is 7.46. The van der Waals surface area contributed by atoms with Gasteiger partial charge in [0.05, 0.1) is 28.1 Å². The second-order valence-corrected chi connectivity index (χ2v) is 9.48. The van der Waals surface area contributed by atoms with Gasteiger partial charge < -0.3 is 14.7 Å². The summed E-state index contributed by atoms with van der Waals surface area (Å²) in [6.45, 7) is 0. The number of aromatic amines is 2. The van der Waals surface area contributed by atoms with E-state index in [0.717, 1.165) is 4.90 Å². The third-order valence-corrected chi connectivity index (χ3v) is 6.62. The van der Waals surface area contributed by atoms with Gasteiger partial charge in [-0.25, -0.2) is 18.2 Å². The second-order valence-electron chi connectivity index (χ2n) is 6.06. The Hall–Kier alpha value is -2.49. The third-order valence-electron chi connectivity index (χ3n) is 4.22. The number of esters is 1. The molecule has 0 aliphatic heterocycles. The number of imidazole rings is 1. The zero-order chi connectivity index (χ0) is 20.1. The summed E-state index contributed by atoms with van der Waals surface area (Å²) in [5.74, 6) is -0.567. The predicted molar refractivity (Wildman–Crippen MR) is 108 cm³/mol. The number of rotatable bonds is 4. The van der Waals surface area contributed by atoms with Crippen LogP contribution in [0.5, 0.6) is 0 Å². The molecule has 2 aromatic carbocycles. The van der Waals surface area contributed by atoms with E-state index in [-0.39, 0.29) is 15.5 Å². The maximum atomic E-state index is 12.1. The number of hydrogen-bond donors (Lipinski definition) is 2. The maximum absolute atomic E-state index is 12.1. The molecule has 2 N–H and O–H groups in total. The van der Waals surface area contributed by atoms with Crippen molar-refractivity contribution in [2.75, 3.05) is 13.4 Å². The van der Waals surface area contributed by atoms with E-state index in [0.29, 0.717) is 27.1 Å². The lowest BCUT2D eigenvalue weighted by atomic mass is 10.2. The number of para-hydroxylation sites is 1. The Morgan fingerprint density at radius 1 is 1.25 bits per heavy atom. The van der Waals surface area contributed by atoms with Gasteiger partial charge in [0.25, 0.3) is 0 Å². The number of carbonyl (C=O) groups excluding carboxylic acids is 1. The first-order valence-corrected chi connectivity index (χ1v) is 11.1. The van der Waals surface area contributed by atoms with Crippen LogP contribution in [0.3, 0.4) is 0 Å². The number of methoxy groups -OCH3 is 1. The van der Waals surface area contributed by atoms with Crippen molar-refractivity contribution in [1.82, 2.24) is 15.0 Å². The minimum absolute atomic E-state index is 0.196. The number of halogens is 1. The van der Waals surface area contributed by atoms with Crippen LogP contribution < -0.4 is 0 Å². The second kappa shape index (κ2) is 6.84. The van der Waals surface area contributed by atoms with E-state index in [2.05, 4.69) is 15.0 Å². The molecule has 2 aromatic heterocycles. The van der Waals surface area contributed by atoms with Crippen LogP contribution in [0.2, 0.25) is 5.02 Å². The van der Waals surface area contributed by atoms with Crippen molar-refractivity contribution in [3.05, 3.63) is 47.1 Å². The van der Waals surface area contributed by atoms with Gasteiger partial charge in [0.2, 0.25) is 0 Å². The van der Waals surface area contributed by atoms with Gasteiger partial charge in [-0.15, -0.1) is 0 Å². The smallest absolute Gasteiger partial charge is 0.341 e. The zero-order valence-electron chi connectivity index (χ0n) is 14.7. The van der Waals surface area contributed by atoms with Gasteiger partial charge in [-0.05, 0) is 30.0 Å². The first kappa shape index (κ1) is 18.9. The van der Waals surface area contributed by atoms with Crippen LogP contribution in [-0.2, 0) is 14.6 Å². The summed E-state index contributed by atoms with van der Waals surface area (Å²) < 4.78 is 28.7. The van der Waals surface area contributed by atoms with Gasteiger partial charge in [-0.3, -0.25) is 0 Å². The van der Waals surface area contributed by atoms with Crippen LogP contribution in [0, 0.1) is 0 Å².